The first-order valence-electron chi connectivity index (χ1n) is 11.2. The number of nitrogens with one attached hydrogen (secondary N) is 2. The van der Waals surface area contributed by atoms with E-state index in [4.69, 9.17) is 14.9 Å². The molecule has 0 bridgehead atoms. The molecule has 168 valence electrons. The molecule has 2 aromatic carbocycles. The van der Waals surface area contributed by atoms with Crippen molar-refractivity contribution in [2.45, 2.75) is 31.6 Å². The zero-order valence-corrected chi connectivity index (χ0v) is 18.8. The van der Waals surface area contributed by atoms with Gasteiger partial charge in [-0.3, -0.25) is 5.41 Å². The second kappa shape index (κ2) is 8.94. The largest absolute Gasteiger partial charge is 0.493 e. The summed E-state index contributed by atoms with van der Waals surface area (Å²) in [6.45, 7) is 0. The highest BCUT2D eigenvalue weighted by Gasteiger charge is 2.33. The molecule has 0 amide bonds. The van der Waals surface area contributed by atoms with E-state index in [0.717, 1.165) is 29.8 Å². The summed E-state index contributed by atoms with van der Waals surface area (Å²) in [5, 5.41) is 17.1. The number of hydrogen-bond acceptors (Lipinski definition) is 6. The maximum atomic E-state index is 9.02. The van der Waals surface area contributed by atoms with Gasteiger partial charge in [-0.1, -0.05) is 30.3 Å². The molecule has 0 saturated heterocycles. The van der Waals surface area contributed by atoms with Gasteiger partial charge >= 0.3 is 0 Å². The molecule has 5 rings (SSSR count). The molecule has 1 aromatic heterocycles. The summed E-state index contributed by atoms with van der Waals surface area (Å²) in [5.74, 6) is 2.06. The van der Waals surface area contributed by atoms with E-state index in [1.807, 2.05) is 24.3 Å². The van der Waals surface area contributed by atoms with Gasteiger partial charge in [-0.15, -0.1) is 0 Å². The lowest BCUT2D eigenvalue weighted by atomic mass is 9.77. The minimum atomic E-state index is 0.0153. The highest BCUT2D eigenvalue weighted by atomic mass is 16.5. The van der Waals surface area contributed by atoms with Crippen LogP contribution in [0.15, 0.2) is 71.2 Å². The fourth-order valence-corrected chi connectivity index (χ4v) is 4.72. The van der Waals surface area contributed by atoms with Gasteiger partial charge in [0, 0.05) is 11.6 Å². The summed E-state index contributed by atoms with van der Waals surface area (Å²) in [4.78, 5) is 4.66. The average molecular weight is 442 g/mol. The molecule has 1 aliphatic carbocycles. The number of nitrogens with zero attached hydrogens (tertiary/aromatic N) is 3. The Morgan fingerprint density at radius 3 is 2.64 bits per heavy atom. The zero-order chi connectivity index (χ0) is 22.8. The molecule has 0 radical (unpaired) electrons. The summed E-state index contributed by atoms with van der Waals surface area (Å²) in [6, 6.07) is 16.0. The first-order chi connectivity index (χ1) is 16.2. The van der Waals surface area contributed by atoms with E-state index in [-0.39, 0.29) is 5.92 Å². The van der Waals surface area contributed by atoms with Crippen molar-refractivity contribution >= 4 is 12.0 Å². The number of aromatic nitrogens is 2. The molecule has 1 unspecified atom stereocenters. The van der Waals surface area contributed by atoms with Crippen LogP contribution in [0.5, 0.6) is 11.5 Å². The second-order valence-electron chi connectivity index (χ2n) is 8.24. The van der Waals surface area contributed by atoms with Gasteiger partial charge in [-0.25, -0.2) is 9.66 Å². The Morgan fingerprint density at radius 2 is 1.85 bits per heavy atom. The number of hydrogen-bond donors (Lipinski definition) is 2. The van der Waals surface area contributed by atoms with Crippen LogP contribution in [0.25, 0.3) is 0 Å². The van der Waals surface area contributed by atoms with Crippen molar-refractivity contribution < 1.29 is 9.47 Å². The first-order valence-corrected chi connectivity index (χ1v) is 11.2. The van der Waals surface area contributed by atoms with Gasteiger partial charge in [-0.05, 0) is 60.6 Å². The minimum absolute atomic E-state index is 0.0153. The van der Waals surface area contributed by atoms with Crippen molar-refractivity contribution in [2.24, 2.45) is 5.10 Å². The Balaban J connectivity index is 1.57. The monoisotopic (exact) mass is 441 g/mol. The van der Waals surface area contributed by atoms with E-state index in [1.54, 1.807) is 26.8 Å². The van der Waals surface area contributed by atoms with Crippen molar-refractivity contribution in [2.75, 3.05) is 19.5 Å². The highest BCUT2D eigenvalue weighted by Crippen LogP contribution is 2.44. The van der Waals surface area contributed by atoms with E-state index in [1.165, 1.54) is 34.4 Å². The predicted molar refractivity (Wildman–Crippen MR) is 128 cm³/mol. The lowest BCUT2D eigenvalue weighted by molar-refractivity contribution is 0.355. The standard InChI is InChI=1S/C26H27N5O2/c1-32-21-13-12-17(14-22(21)33-2)15-29-31-16-28-26-24(25(31)27)23(18-8-4-3-5-9-18)19-10-6-7-11-20(19)30-26/h3-5,8-9,12-16,23,27,30H,6-7,10-11H2,1-2H3/b27-25?,29-15+. The van der Waals surface area contributed by atoms with Crippen LogP contribution in [0.3, 0.4) is 0 Å². The molecule has 2 N–H and O–H groups in total. The zero-order valence-electron chi connectivity index (χ0n) is 18.8. The molecule has 1 aliphatic heterocycles. The highest BCUT2D eigenvalue weighted by molar-refractivity contribution is 5.80. The molecule has 1 atom stereocenters. The molecule has 2 aliphatic rings. The van der Waals surface area contributed by atoms with Crippen LogP contribution in [0.1, 0.15) is 48.3 Å². The minimum Gasteiger partial charge on any atom is -0.493 e. The van der Waals surface area contributed by atoms with Crippen LogP contribution < -0.4 is 20.3 Å². The van der Waals surface area contributed by atoms with Crippen molar-refractivity contribution in [3.05, 3.63) is 88.3 Å². The third-order valence-electron chi connectivity index (χ3n) is 6.32. The fourth-order valence-electron chi connectivity index (χ4n) is 4.72. The van der Waals surface area contributed by atoms with Crippen molar-refractivity contribution in [1.29, 1.82) is 5.41 Å². The van der Waals surface area contributed by atoms with E-state index in [0.29, 0.717) is 17.0 Å². The number of anilines is 1. The van der Waals surface area contributed by atoms with E-state index in [9.17, 15) is 0 Å². The van der Waals surface area contributed by atoms with Crippen LogP contribution in [0.2, 0.25) is 0 Å². The average Bonchev–Trinajstić information content (AvgIpc) is 2.87. The van der Waals surface area contributed by atoms with Gasteiger partial charge < -0.3 is 14.8 Å². The van der Waals surface area contributed by atoms with Crippen molar-refractivity contribution in [3.63, 3.8) is 0 Å². The van der Waals surface area contributed by atoms with Crippen molar-refractivity contribution in [3.8, 4) is 11.5 Å². The molecule has 0 spiro atoms. The SMILES string of the molecule is COc1ccc(/C=N/n2cnc3c(c2=N)C(c2ccccc2)C2=C(CCCC2)N3)cc1OC. The smallest absolute Gasteiger partial charge is 0.161 e. The number of ether oxygens (including phenoxy) is 2. The Kier molecular flexibility index (Phi) is 5.69. The summed E-state index contributed by atoms with van der Waals surface area (Å²) >= 11 is 0. The number of benzene rings is 2. The summed E-state index contributed by atoms with van der Waals surface area (Å²) < 4.78 is 12.2. The number of fused-ring (bicyclic) bond motifs is 1. The van der Waals surface area contributed by atoms with Crippen LogP contribution in [0, 0.1) is 5.41 Å². The maximum absolute atomic E-state index is 9.02. The molecule has 33 heavy (non-hydrogen) atoms. The quantitative estimate of drug-likeness (QED) is 0.565. The second-order valence-corrected chi connectivity index (χ2v) is 8.24. The molecule has 7 heteroatoms. The van der Waals surface area contributed by atoms with Crippen LogP contribution >= 0.6 is 0 Å². The summed E-state index contributed by atoms with van der Waals surface area (Å²) in [7, 11) is 3.21. The van der Waals surface area contributed by atoms with Gasteiger partial charge in [0.2, 0.25) is 0 Å². The third-order valence-corrected chi connectivity index (χ3v) is 6.32. The van der Waals surface area contributed by atoms with Gasteiger partial charge in [0.05, 0.1) is 26.0 Å². The molecule has 0 saturated carbocycles. The molecule has 2 heterocycles. The Morgan fingerprint density at radius 1 is 1.06 bits per heavy atom. The number of rotatable bonds is 5. The van der Waals surface area contributed by atoms with Gasteiger partial charge in [0.25, 0.3) is 0 Å². The third kappa shape index (κ3) is 3.91. The van der Waals surface area contributed by atoms with E-state index >= 15 is 0 Å². The fraction of sp³-hybridized carbons (Fsp3) is 0.269. The summed E-state index contributed by atoms with van der Waals surface area (Å²) in [6.07, 6.45) is 7.71. The first kappa shape index (κ1) is 21.0. The molecular weight excluding hydrogens is 414 g/mol. The molecule has 3 aromatic rings. The van der Waals surface area contributed by atoms with Crippen LogP contribution in [-0.2, 0) is 0 Å². The predicted octanol–water partition coefficient (Wildman–Crippen LogP) is 4.65. The Bertz CT molecular complexity index is 1290. The lowest BCUT2D eigenvalue weighted by Crippen LogP contribution is -2.32. The Hall–Kier alpha value is -3.87. The number of methoxy groups -OCH3 is 2. The molecule has 7 nitrogen and oxygen atoms in total. The molecule has 0 fully saturated rings. The van der Waals surface area contributed by atoms with E-state index < -0.39 is 0 Å². The molecular formula is C26H27N5O2. The summed E-state index contributed by atoms with van der Waals surface area (Å²) in [5.41, 5.74) is 5.86. The topological polar surface area (TPSA) is 84.5 Å². The van der Waals surface area contributed by atoms with Gasteiger partial charge in [0.1, 0.15) is 12.1 Å². The van der Waals surface area contributed by atoms with Gasteiger partial charge in [0.15, 0.2) is 17.0 Å². The number of allylic oxidation sites excluding steroid dienone is 2. The van der Waals surface area contributed by atoms with Crippen molar-refractivity contribution in [1.82, 2.24) is 9.66 Å². The van der Waals surface area contributed by atoms with E-state index in [2.05, 4.69) is 39.7 Å². The maximum Gasteiger partial charge on any atom is 0.161 e. The normalized spacial score (nSPS) is 17.3. The lowest BCUT2D eigenvalue weighted by Gasteiger charge is -2.34. The van der Waals surface area contributed by atoms with Gasteiger partial charge in [-0.2, -0.15) is 5.10 Å². The van der Waals surface area contributed by atoms with Crippen LogP contribution in [0.4, 0.5) is 5.82 Å². The van der Waals surface area contributed by atoms with Crippen LogP contribution in [-0.4, -0.2) is 30.1 Å². The Labute approximate surface area is 192 Å².